The van der Waals surface area contributed by atoms with E-state index in [-0.39, 0.29) is 0 Å². The quantitative estimate of drug-likeness (QED) is 0.793. The standard InChI is InChI=1S/C15H15NO2/c16-12-6-4-10(5-7-12)14(17)13-3-1-2-11-8-9-18-15(11)13/h1-7,14,17H,8-9,16H2. The summed E-state index contributed by atoms with van der Waals surface area (Å²) in [6.45, 7) is 0.695. The third-order valence-electron chi connectivity index (χ3n) is 3.29. The maximum absolute atomic E-state index is 10.4. The fraction of sp³-hybridized carbons (Fsp3) is 0.200. The lowest BCUT2D eigenvalue weighted by molar-refractivity contribution is 0.214. The molecule has 0 radical (unpaired) electrons. The SMILES string of the molecule is Nc1ccc(C(O)c2cccc3c2OCC3)cc1. The third-order valence-corrected chi connectivity index (χ3v) is 3.29. The fourth-order valence-corrected chi connectivity index (χ4v) is 2.31. The zero-order valence-electron chi connectivity index (χ0n) is 9.97. The predicted octanol–water partition coefficient (Wildman–Crippen LogP) is 2.29. The van der Waals surface area contributed by atoms with Gasteiger partial charge in [-0.2, -0.15) is 0 Å². The number of aliphatic hydroxyl groups is 1. The van der Waals surface area contributed by atoms with Crippen LogP contribution in [0.15, 0.2) is 42.5 Å². The molecule has 2 aromatic rings. The van der Waals surface area contributed by atoms with E-state index < -0.39 is 6.10 Å². The Morgan fingerprint density at radius 1 is 1.11 bits per heavy atom. The van der Waals surface area contributed by atoms with Crippen LogP contribution in [-0.2, 0) is 6.42 Å². The minimum atomic E-state index is -0.668. The van der Waals surface area contributed by atoms with Crippen molar-refractivity contribution in [3.8, 4) is 5.75 Å². The van der Waals surface area contributed by atoms with Crippen molar-refractivity contribution in [1.29, 1.82) is 0 Å². The fourth-order valence-electron chi connectivity index (χ4n) is 2.31. The molecule has 0 aliphatic carbocycles. The van der Waals surface area contributed by atoms with Gasteiger partial charge in [0.25, 0.3) is 0 Å². The molecule has 3 nitrogen and oxygen atoms in total. The van der Waals surface area contributed by atoms with Gasteiger partial charge in [-0.15, -0.1) is 0 Å². The van der Waals surface area contributed by atoms with E-state index in [0.29, 0.717) is 12.3 Å². The van der Waals surface area contributed by atoms with Gasteiger partial charge in [0.1, 0.15) is 11.9 Å². The molecule has 0 aromatic heterocycles. The molecule has 18 heavy (non-hydrogen) atoms. The molecule has 2 aromatic carbocycles. The first kappa shape index (κ1) is 11.1. The number of hydrogen-bond donors (Lipinski definition) is 2. The Kier molecular flexibility index (Phi) is 2.68. The Bertz CT molecular complexity index is 563. The molecule has 1 unspecified atom stereocenters. The molecule has 0 amide bonds. The van der Waals surface area contributed by atoms with Crippen molar-refractivity contribution in [2.45, 2.75) is 12.5 Å². The molecule has 0 saturated heterocycles. The minimum Gasteiger partial charge on any atom is -0.493 e. The number of anilines is 1. The second-order valence-electron chi connectivity index (χ2n) is 4.50. The lowest BCUT2D eigenvalue weighted by Gasteiger charge is -2.15. The van der Waals surface area contributed by atoms with Gasteiger partial charge in [-0.05, 0) is 23.3 Å². The smallest absolute Gasteiger partial charge is 0.128 e. The summed E-state index contributed by atoms with van der Waals surface area (Å²) in [7, 11) is 0. The van der Waals surface area contributed by atoms with Gasteiger partial charge >= 0.3 is 0 Å². The van der Waals surface area contributed by atoms with E-state index in [9.17, 15) is 5.11 Å². The Balaban J connectivity index is 2.00. The van der Waals surface area contributed by atoms with E-state index >= 15 is 0 Å². The minimum absolute atomic E-state index is 0.668. The number of aliphatic hydroxyl groups excluding tert-OH is 1. The van der Waals surface area contributed by atoms with Crippen LogP contribution < -0.4 is 10.5 Å². The number of ether oxygens (including phenoxy) is 1. The Morgan fingerprint density at radius 3 is 2.67 bits per heavy atom. The van der Waals surface area contributed by atoms with E-state index in [0.717, 1.165) is 23.3 Å². The summed E-state index contributed by atoms with van der Waals surface area (Å²) in [5.41, 5.74) is 9.17. The van der Waals surface area contributed by atoms with Crippen LogP contribution in [-0.4, -0.2) is 11.7 Å². The molecule has 92 valence electrons. The molecule has 1 atom stereocenters. The summed E-state index contributed by atoms with van der Waals surface area (Å²) in [6.07, 6.45) is 0.246. The van der Waals surface area contributed by atoms with E-state index in [4.69, 9.17) is 10.5 Å². The first-order valence-corrected chi connectivity index (χ1v) is 6.04. The van der Waals surface area contributed by atoms with Gasteiger partial charge in [-0.25, -0.2) is 0 Å². The molecule has 1 heterocycles. The number of benzene rings is 2. The second-order valence-corrected chi connectivity index (χ2v) is 4.50. The van der Waals surface area contributed by atoms with E-state index in [2.05, 4.69) is 0 Å². The number of fused-ring (bicyclic) bond motifs is 1. The summed E-state index contributed by atoms with van der Waals surface area (Å²) in [4.78, 5) is 0. The Morgan fingerprint density at radius 2 is 1.89 bits per heavy atom. The number of rotatable bonds is 2. The topological polar surface area (TPSA) is 55.5 Å². The molecule has 0 bridgehead atoms. The monoisotopic (exact) mass is 241 g/mol. The van der Waals surface area contributed by atoms with Crippen LogP contribution in [0.3, 0.4) is 0 Å². The van der Waals surface area contributed by atoms with Crippen LogP contribution in [0.1, 0.15) is 22.8 Å². The van der Waals surface area contributed by atoms with Gasteiger partial charge in [-0.3, -0.25) is 0 Å². The maximum atomic E-state index is 10.4. The summed E-state index contributed by atoms with van der Waals surface area (Å²) in [6, 6.07) is 13.2. The Labute approximate surface area is 106 Å². The van der Waals surface area contributed by atoms with E-state index in [1.807, 2.05) is 30.3 Å². The molecule has 3 heteroatoms. The van der Waals surface area contributed by atoms with E-state index in [1.54, 1.807) is 12.1 Å². The molecule has 1 aliphatic rings. The lowest BCUT2D eigenvalue weighted by Crippen LogP contribution is -2.02. The van der Waals surface area contributed by atoms with Gasteiger partial charge < -0.3 is 15.6 Å². The number of para-hydroxylation sites is 1. The predicted molar refractivity (Wildman–Crippen MR) is 70.6 cm³/mol. The summed E-state index contributed by atoms with van der Waals surface area (Å²) in [5.74, 6) is 0.835. The molecule has 0 spiro atoms. The number of hydrogen-bond acceptors (Lipinski definition) is 3. The van der Waals surface area contributed by atoms with Crippen LogP contribution in [0, 0.1) is 0 Å². The van der Waals surface area contributed by atoms with Crippen molar-refractivity contribution >= 4 is 5.69 Å². The highest BCUT2D eigenvalue weighted by Gasteiger charge is 2.21. The molecular weight excluding hydrogens is 226 g/mol. The molecule has 3 N–H and O–H groups in total. The highest BCUT2D eigenvalue weighted by molar-refractivity contribution is 5.49. The summed E-state index contributed by atoms with van der Waals surface area (Å²) in [5, 5.41) is 10.4. The second kappa shape index (κ2) is 4.35. The zero-order chi connectivity index (χ0) is 12.5. The van der Waals surface area contributed by atoms with Crippen LogP contribution in [0.4, 0.5) is 5.69 Å². The van der Waals surface area contributed by atoms with Crippen LogP contribution >= 0.6 is 0 Å². The van der Waals surface area contributed by atoms with Gasteiger partial charge in [-0.1, -0.05) is 30.3 Å². The van der Waals surface area contributed by atoms with Crippen molar-refractivity contribution in [3.05, 3.63) is 59.2 Å². The molecule has 1 aliphatic heterocycles. The van der Waals surface area contributed by atoms with Crippen molar-refractivity contribution in [2.75, 3.05) is 12.3 Å². The van der Waals surface area contributed by atoms with Crippen LogP contribution in [0.25, 0.3) is 0 Å². The average molecular weight is 241 g/mol. The van der Waals surface area contributed by atoms with Crippen LogP contribution in [0.2, 0.25) is 0 Å². The Hall–Kier alpha value is -2.00. The summed E-state index contributed by atoms with van der Waals surface area (Å²) >= 11 is 0. The number of nitrogen functional groups attached to an aromatic ring is 1. The van der Waals surface area contributed by atoms with Crippen LogP contribution in [0.5, 0.6) is 5.75 Å². The van der Waals surface area contributed by atoms with Crippen molar-refractivity contribution < 1.29 is 9.84 Å². The third kappa shape index (κ3) is 1.83. The lowest BCUT2D eigenvalue weighted by atomic mass is 9.98. The maximum Gasteiger partial charge on any atom is 0.128 e. The first-order chi connectivity index (χ1) is 8.75. The largest absolute Gasteiger partial charge is 0.493 e. The van der Waals surface area contributed by atoms with Crippen molar-refractivity contribution in [3.63, 3.8) is 0 Å². The zero-order valence-corrected chi connectivity index (χ0v) is 9.97. The van der Waals surface area contributed by atoms with Gasteiger partial charge in [0.2, 0.25) is 0 Å². The molecular formula is C15H15NO2. The summed E-state index contributed by atoms with van der Waals surface area (Å²) < 4.78 is 5.61. The average Bonchev–Trinajstić information content (AvgIpc) is 2.87. The molecule has 3 rings (SSSR count). The van der Waals surface area contributed by atoms with Gasteiger partial charge in [0, 0.05) is 17.7 Å². The first-order valence-electron chi connectivity index (χ1n) is 6.04. The highest BCUT2D eigenvalue weighted by atomic mass is 16.5. The van der Waals surface area contributed by atoms with Gasteiger partial charge in [0.05, 0.1) is 6.61 Å². The molecule has 0 saturated carbocycles. The van der Waals surface area contributed by atoms with Crippen molar-refractivity contribution in [2.24, 2.45) is 0 Å². The van der Waals surface area contributed by atoms with Gasteiger partial charge in [0.15, 0.2) is 0 Å². The normalized spacial score (nSPS) is 14.9. The highest BCUT2D eigenvalue weighted by Crippen LogP contribution is 2.36. The number of nitrogens with two attached hydrogens (primary N) is 1. The van der Waals surface area contributed by atoms with E-state index in [1.165, 1.54) is 5.56 Å². The van der Waals surface area contributed by atoms with Crippen molar-refractivity contribution in [1.82, 2.24) is 0 Å². The molecule has 0 fully saturated rings.